The molecule has 0 bridgehead atoms. The van der Waals surface area contributed by atoms with Gasteiger partial charge < -0.3 is 5.73 Å². The van der Waals surface area contributed by atoms with E-state index in [1.807, 2.05) is 41.0 Å². The van der Waals surface area contributed by atoms with Gasteiger partial charge in [0.15, 0.2) is 5.65 Å². The molecule has 0 aliphatic heterocycles. The van der Waals surface area contributed by atoms with E-state index in [-0.39, 0.29) is 0 Å². The highest BCUT2D eigenvalue weighted by Crippen LogP contribution is 2.24. The van der Waals surface area contributed by atoms with Crippen LogP contribution < -0.4 is 5.73 Å². The standard InChI is InChI=1S/C12H9IN4/c13-8-4-1-2-6-10(8)17-11-9(16-12(17)14)5-3-7-15-11/h1-7H,(H2,14,16). The normalized spacial score (nSPS) is 10.9. The maximum atomic E-state index is 5.96. The number of rotatable bonds is 1. The van der Waals surface area contributed by atoms with E-state index >= 15 is 0 Å². The zero-order valence-electron chi connectivity index (χ0n) is 8.84. The van der Waals surface area contributed by atoms with E-state index in [9.17, 15) is 0 Å². The number of anilines is 1. The number of nitrogens with zero attached hydrogens (tertiary/aromatic N) is 3. The first-order valence-electron chi connectivity index (χ1n) is 5.11. The van der Waals surface area contributed by atoms with E-state index in [0.717, 1.165) is 20.4 Å². The molecule has 3 aromatic rings. The van der Waals surface area contributed by atoms with Gasteiger partial charge in [0.05, 0.1) is 5.69 Å². The van der Waals surface area contributed by atoms with Gasteiger partial charge in [-0.15, -0.1) is 0 Å². The molecule has 0 saturated carbocycles. The number of hydrogen-bond acceptors (Lipinski definition) is 3. The average molecular weight is 336 g/mol. The Labute approximate surface area is 112 Å². The molecule has 0 aliphatic rings. The van der Waals surface area contributed by atoms with Crippen LogP contribution in [-0.4, -0.2) is 14.5 Å². The van der Waals surface area contributed by atoms with Gasteiger partial charge in [-0.2, -0.15) is 0 Å². The molecule has 0 aliphatic carbocycles. The molecule has 0 atom stereocenters. The topological polar surface area (TPSA) is 56.7 Å². The van der Waals surface area contributed by atoms with Gasteiger partial charge in [-0.05, 0) is 46.9 Å². The Balaban J connectivity index is 2.38. The fraction of sp³-hybridized carbons (Fsp3) is 0. The molecule has 84 valence electrons. The second kappa shape index (κ2) is 3.99. The fourth-order valence-electron chi connectivity index (χ4n) is 1.80. The van der Waals surface area contributed by atoms with Crippen molar-refractivity contribution in [2.75, 3.05) is 5.73 Å². The largest absolute Gasteiger partial charge is 0.369 e. The molecule has 0 radical (unpaired) electrons. The molecule has 0 spiro atoms. The summed E-state index contributed by atoms with van der Waals surface area (Å²) in [4.78, 5) is 8.64. The number of fused-ring (bicyclic) bond motifs is 1. The van der Waals surface area contributed by atoms with Crippen LogP contribution in [0.5, 0.6) is 0 Å². The molecule has 0 unspecified atom stereocenters. The van der Waals surface area contributed by atoms with Crippen molar-refractivity contribution in [3.05, 3.63) is 46.2 Å². The number of imidazole rings is 1. The van der Waals surface area contributed by atoms with Crippen LogP contribution in [0.4, 0.5) is 5.95 Å². The molecule has 0 saturated heterocycles. The lowest BCUT2D eigenvalue weighted by Crippen LogP contribution is -2.02. The number of nitrogen functional groups attached to an aromatic ring is 1. The SMILES string of the molecule is Nc1nc2cccnc2n1-c1ccccc1I. The minimum Gasteiger partial charge on any atom is -0.369 e. The number of pyridine rings is 1. The first kappa shape index (κ1) is 10.5. The predicted octanol–water partition coefficient (Wildman–Crippen LogP) is 2.61. The van der Waals surface area contributed by atoms with Crippen LogP contribution in [0, 0.1) is 3.57 Å². The van der Waals surface area contributed by atoms with Crippen LogP contribution in [0.3, 0.4) is 0 Å². The maximum Gasteiger partial charge on any atom is 0.207 e. The minimum atomic E-state index is 0.461. The third-order valence-corrected chi connectivity index (χ3v) is 3.45. The summed E-state index contributed by atoms with van der Waals surface area (Å²) in [6.07, 6.45) is 1.75. The van der Waals surface area contributed by atoms with E-state index in [0.29, 0.717) is 5.95 Å². The number of aromatic nitrogens is 3. The molecule has 2 heterocycles. The highest BCUT2D eigenvalue weighted by Gasteiger charge is 2.12. The summed E-state index contributed by atoms with van der Waals surface area (Å²) in [5.41, 5.74) is 8.57. The Bertz CT molecular complexity index is 690. The highest BCUT2D eigenvalue weighted by molar-refractivity contribution is 14.1. The van der Waals surface area contributed by atoms with Gasteiger partial charge in [-0.3, -0.25) is 4.57 Å². The molecule has 3 rings (SSSR count). The Morgan fingerprint density at radius 1 is 1.12 bits per heavy atom. The van der Waals surface area contributed by atoms with E-state index in [2.05, 4.69) is 32.6 Å². The van der Waals surface area contributed by atoms with Gasteiger partial charge in [-0.1, -0.05) is 12.1 Å². The molecule has 4 nitrogen and oxygen atoms in total. The van der Waals surface area contributed by atoms with Crippen LogP contribution in [0.2, 0.25) is 0 Å². The van der Waals surface area contributed by atoms with Gasteiger partial charge in [0, 0.05) is 9.77 Å². The lowest BCUT2D eigenvalue weighted by Gasteiger charge is -2.07. The van der Waals surface area contributed by atoms with Crippen LogP contribution in [0.1, 0.15) is 0 Å². The molecule has 17 heavy (non-hydrogen) atoms. The summed E-state index contributed by atoms with van der Waals surface area (Å²) in [5, 5.41) is 0. The summed E-state index contributed by atoms with van der Waals surface area (Å²) in [6.45, 7) is 0. The summed E-state index contributed by atoms with van der Waals surface area (Å²) < 4.78 is 2.98. The molecule has 5 heteroatoms. The molecule has 1 aromatic carbocycles. The van der Waals surface area contributed by atoms with Crippen molar-refractivity contribution in [1.82, 2.24) is 14.5 Å². The molecule has 2 N–H and O–H groups in total. The Kier molecular flexibility index (Phi) is 2.47. The van der Waals surface area contributed by atoms with Crippen molar-refractivity contribution < 1.29 is 0 Å². The smallest absolute Gasteiger partial charge is 0.207 e. The minimum absolute atomic E-state index is 0.461. The average Bonchev–Trinajstić information content (AvgIpc) is 2.66. The van der Waals surface area contributed by atoms with Gasteiger partial charge in [-0.25, -0.2) is 9.97 Å². The van der Waals surface area contributed by atoms with Crippen molar-refractivity contribution in [2.45, 2.75) is 0 Å². The summed E-state index contributed by atoms with van der Waals surface area (Å²) >= 11 is 2.28. The zero-order valence-corrected chi connectivity index (χ0v) is 11.0. The third-order valence-electron chi connectivity index (χ3n) is 2.54. The van der Waals surface area contributed by atoms with E-state index in [4.69, 9.17) is 5.73 Å². The van der Waals surface area contributed by atoms with Crippen LogP contribution in [-0.2, 0) is 0 Å². The zero-order chi connectivity index (χ0) is 11.8. The number of para-hydroxylation sites is 1. The first-order valence-corrected chi connectivity index (χ1v) is 6.19. The lowest BCUT2D eigenvalue weighted by molar-refractivity contribution is 1.08. The second-order valence-electron chi connectivity index (χ2n) is 3.60. The van der Waals surface area contributed by atoms with Gasteiger partial charge in [0.25, 0.3) is 0 Å². The maximum absolute atomic E-state index is 5.96. The van der Waals surface area contributed by atoms with Crippen molar-refractivity contribution in [3.63, 3.8) is 0 Å². The molecular weight excluding hydrogens is 327 g/mol. The monoisotopic (exact) mass is 336 g/mol. The first-order chi connectivity index (χ1) is 8.27. The fourth-order valence-corrected chi connectivity index (χ4v) is 2.43. The summed E-state index contributed by atoms with van der Waals surface area (Å²) in [6, 6.07) is 11.8. The Morgan fingerprint density at radius 3 is 2.76 bits per heavy atom. The number of halogens is 1. The van der Waals surface area contributed by atoms with Crippen molar-refractivity contribution in [2.24, 2.45) is 0 Å². The van der Waals surface area contributed by atoms with Gasteiger partial charge >= 0.3 is 0 Å². The van der Waals surface area contributed by atoms with Crippen molar-refractivity contribution in [3.8, 4) is 5.69 Å². The lowest BCUT2D eigenvalue weighted by atomic mass is 10.3. The van der Waals surface area contributed by atoms with Gasteiger partial charge in [0.2, 0.25) is 5.95 Å². The Hall–Kier alpha value is -1.63. The van der Waals surface area contributed by atoms with Crippen LogP contribution in [0.25, 0.3) is 16.9 Å². The van der Waals surface area contributed by atoms with Crippen LogP contribution >= 0.6 is 22.6 Å². The predicted molar refractivity (Wildman–Crippen MR) is 76.0 cm³/mol. The summed E-state index contributed by atoms with van der Waals surface area (Å²) in [5.74, 6) is 0.461. The second-order valence-corrected chi connectivity index (χ2v) is 4.77. The van der Waals surface area contributed by atoms with Gasteiger partial charge in [0.1, 0.15) is 5.52 Å². The van der Waals surface area contributed by atoms with E-state index in [1.54, 1.807) is 6.20 Å². The summed E-state index contributed by atoms with van der Waals surface area (Å²) in [7, 11) is 0. The highest BCUT2D eigenvalue weighted by atomic mass is 127. The molecular formula is C12H9IN4. The number of benzene rings is 1. The third kappa shape index (κ3) is 1.66. The number of nitrogens with two attached hydrogens (primary N) is 1. The molecule has 2 aromatic heterocycles. The molecule has 0 amide bonds. The van der Waals surface area contributed by atoms with E-state index in [1.165, 1.54) is 0 Å². The van der Waals surface area contributed by atoms with Crippen molar-refractivity contribution >= 4 is 39.7 Å². The Morgan fingerprint density at radius 2 is 1.94 bits per heavy atom. The molecule has 0 fully saturated rings. The quantitative estimate of drug-likeness (QED) is 0.695. The van der Waals surface area contributed by atoms with Crippen LogP contribution in [0.15, 0.2) is 42.6 Å². The number of hydrogen-bond donors (Lipinski definition) is 1. The van der Waals surface area contributed by atoms with Crippen molar-refractivity contribution in [1.29, 1.82) is 0 Å². The van der Waals surface area contributed by atoms with E-state index < -0.39 is 0 Å².